The van der Waals surface area contributed by atoms with Crippen molar-refractivity contribution >= 4 is 19.0 Å². The van der Waals surface area contributed by atoms with Crippen molar-refractivity contribution in [1.29, 1.82) is 0 Å². The Balaban J connectivity index is 0. The third-order valence-corrected chi connectivity index (χ3v) is 0.173. The van der Waals surface area contributed by atoms with Gasteiger partial charge in [0.2, 0.25) is 6.41 Å². The fourth-order valence-corrected chi connectivity index (χ4v) is 0. The van der Waals surface area contributed by atoms with Gasteiger partial charge in [-0.2, -0.15) is 0 Å². The molecule has 0 rings (SSSR count). The van der Waals surface area contributed by atoms with Gasteiger partial charge in [0, 0.05) is 7.05 Å². The van der Waals surface area contributed by atoms with E-state index >= 15 is 0 Å². The Morgan fingerprint density at radius 2 is 1.38 bits per heavy atom. The van der Waals surface area contributed by atoms with Crippen molar-refractivity contribution in [1.82, 2.24) is 5.32 Å². The topological polar surface area (TPSA) is 63.2 Å². The lowest BCUT2D eigenvalue weighted by molar-refractivity contribution is -0.122. The summed E-state index contributed by atoms with van der Waals surface area (Å²) in [6.07, 6.45) is 1.01. The minimum Gasteiger partial charge on any atom is -0.362 e. The average molecular weight is 117 g/mol. The standard InChI is InChI=1S/C2H5NO.C2H2O2/c1-3-2-4;3-1-2-4/h2H,1H3,(H,3,4);1-2H. The van der Waals surface area contributed by atoms with Gasteiger partial charge in [-0.25, -0.2) is 0 Å². The minimum absolute atomic E-state index is 0.194. The van der Waals surface area contributed by atoms with Crippen molar-refractivity contribution in [2.45, 2.75) is 0 Å². The molecule has 0 aliphatic rings. The first kappa shape index (κ1) is 9.94. The Labute approximate surface area is 46.9 Å². The first-order chi connectivity index (χ1) is 3.83. The van der Waals surface area contributed by atoms with Crippen LogP contribution in [0.1, 0.15) is 0 Å². The molecule has 0 aromatic rings. The molecule has 0 bridgehead atoms. The molecule has 0 aromatic heterocycles. The molecule has 4 nitrogen and oxygen atoms in total. The van der Waals surface area contributed by atoms with Gasteiger partial charge in [-0.3, -0.25) is 14.4 Å². The van der Waals surface area contributed by atoms with Crippen LogP contribution in [-0.2, 0) is 14.4 Å². The van der Waals surface area contributed by atoms with Crippen LogP contribution in [0.25, 0.3) is 0 Å². The Morgan fingerprint density at radius 3 is 1.38 bits per heavy atom. The van der Waals surface area contributed by atoms with Gasteiger partial charge >= 0.3 is 0 Å². The van der Waals surface area contributed by atoms with Crippen LogP contribution in [0.15, 0.2) is 0 Å². The Kier molecular flexibility index (Phi) is 21.1. The second-order valence-corrected chi connectivity index (χ2v) is 0.679. The van der Waals surface area contributed by atoms with Gasteiger partial charge in [-0.05, 0) is 0 Å². The number of nitrogens with one attached hydrogen (secondary N) is 1. The highest BCUT2D eigenvalue weighted by atomic mass is 16.2. The third kappa shape index (κ3) is 106. The molecule has 0 radical (unpaired) electrons. The largest absolute Gasteiger partial charge is 0.362 e. The zero-order chi connectivity index (χ0) is 6.83. The number of carbonyl (C=O) groups excluding carboxylic acids is 3. The highest BCUT2D eigenvalue weighted by Gasteiger charge is 1.47. The number of hydrogen-bond donors (Lipinski definition) is 1. The summed E-state index contributed by atoms with van der Waals surface area (Å²) in [5.41, 5.74) is 0. The molecule has 0 aliphatic heterocycles. The molecule has 0 saturated heterocycles. The lowest BCUT2D eigenvalue weighted by atomic mass is 10.9. The van der Waals surface area contributed by atoms with E-state index < -0.39 is 0 Å². The van der Waals surface area contributed by atoms with Crippen molar-refractivity contribution < 1.29 is 14.4 Å². The first-order valence-corrected chi connectivity index (χ1v) is 1.83. The van der Waals surface area contributed by atoms with Gasteiger partial charge in [0.05, 0.1) is 0 Å². The van der Waals surface area contributed by atoms with Crippen LogP contribution in [-0.4, -0.2) is 26.0 Å². The predicted molar refractivity (Wildman–Crippen MR) is 27.3 cm³/mol. The maximum absolute atomic E-state index is 9.06. The quantitative estimate of drug-likeness (QED) is 0.363. The Morgan fingerprint density at radius 1 is 1.12 bits per heavy atom. The maximum Gasteiger partial charge on any atom is 0.206 e. The fourth-order valence-electron chi connectivity index (χ4n) is 0. The van der Waals surface area contributed by atoms with Crippen molar-refractivity contribution in [2.24, 2.45) is 0 Å². The fraction of sp³-hybridized carbons (Fsp3) is 0.250. The van der Waals surface area contributed by atoms with Gasteiger partial charge in [-0.15, -0.1) is 0 Å². The minimum atomic E-state index is 0.194. The number of aldehydes is 2. The number of amides is 1. The summed E-state index contributed by atoms with van der Waals surface area (Å²) in [7, 11) is 1.56. The predicted octanol–water partition coefficient (Wildman–Crippen LogP) is -1.25. The van der Waals surface area contributed by atoms with Gasteiger partial charge < -0.3 is 5.32 Å². The smallest absolute Gasteiger partial charge is 0.206 e. The summed E-state index contributed by atoms with van der Waals surface area (Å²) in [5, 5.41) is 2.25. The van der Waals surface area contributed by atoms with Crippen LogP contribution in [0.3, 0.4) is 0 Å². The molecule has 8 heavy (non-hydrogen) atoms. The van der Waals surface area contributed by atoms with E-state index in [9.17, 15) is 0 Å². The van der Waals surface area contributed by atoms with Gasteiger partial charge in [0.1, 0.15) is 0 Å². The zero-order valence-corrected chi connectivity index (χ0v) is 4.46. The first-order valence-electron chi connectivity index (χ1n) is 1.83. The van der Waals surface area contributed by atoms with E-state index in [0.717, 1.165) is 0 Å². The summed E-state index contributed by atoms with van der Waals surface area (Å²) in [5.74, 6) is 0. The van der Waals surface area contributed by atoms with Crippen molar-refractivity contribution in [3.63, 3.8) is 0 Å². The molecule has 0 spiro atoms. The van der Waals surface area contributed by atoms with E-state index in [2.05, 4.69) is 5.32 Å². The zero-order valence-electron chi connectivity index (χ0n) is 4.46. The molecular weight excluding hydrogens is 110 g/mol. The second kappa shape index (κ2) is 17.0. The van der Waals surface area contributed by atoms with E-state index in [1.54, 1.807) is 7.05 Å². The molecule has 46 valence electrons. The van der Waals surface area contributed by atoms with Gasteiger partial charge in [0.25, 0.3) is 0 Å². The number of carbonyl (C=O) groups is 3. The normalized spacial score (nSPS) is 5.12. The molecule has 0 atom stereocenters. The SMILES string of the molecule is CNC=O.O=CC=O. The Bertz CT molecular complexity index is 65.7. The molecule has 0 aliphatic carbocycles. The molecule has 0 fully saturated rings. The van der Waals surface area contributed by atoms with Crippen molar-refractivity contribution in [3.8, 4) is 0 Å². The van der Waals surface area contributed by atoms with Gasteiger partial charge in [0.15, 0.2) is 12.6 Å². The summed E-state index contributed by atoms with van der Waals surface area (Å²) in [4.78, 5) is 26.7. The number of rotatable bonds is 2. The molecule has 4 heteroatoms. The van der Waals surface area contributed by atoms with Crippen LogP contribution in [0.5, 0.6) is 0 Å². The van der Waals surface area contributed by atoms with E-state index in [0.29, 0.717) is 6.41 Å². The Hall–Kier alpha value is -1.19. The van der Waals surface area contributed by atoms with E-state index in [-0.39, 0.29) is 12.6 Å². The van der Waals surface area contributed by atoms with Crippen LogP contribution >= 0.6 is 0 Å². The van der Waals surface area contributed by atoms with Gasteiger partial charge in [-0.1, -0.05) is 0 Å². The molecule has 0 unspecified atom stereocenters. The highest BCUT2D eigenvalue weighted by Crippen LogP contribution is 1.12. The van der Waals surface area contributed by atoms with Crippen LogP contribution in [0.4, 0.5) is 0 Å². The second-order valence-electron chi connectivity index (χ2n) is 0.679. The highest BCUT2D eigenvalue weighted by molar-refractivity contribution is 6.09. The lowest BCUT2D eigenvalue weighted by Gasteiger charge is -1.64. The summed E-state index contributed by atoms with van der Waals surface area (Å²) in [6, 6.07) is 0. The summed E-state index contributed by atoms with van der Waals surface area (Å²) >= 11 is 0. The van der Waals surface area contributed by atoms with Crippen LogP contribution < -0.4 is 5.32 Å². The van der Waals surface area contributed by atoms with Crippen molar-refractivity contribution in [3.05, 3.63) is 0 Å². The average Bonchev–Trinajstić information content (AvgIpc) is 1.88. The molecule has 0 heterocycles. The molecule has 0 aromatic carbocycles. The van der Waals surface area contributed by atoms with Crippen LogP contribution in [0, 0.1) is 0 Å². The molecular formula is C4H7NO3. The third-order valence-electron chi connectivity index (χ3n) is 0.173. The molecule has 1 N–H and O–H groups in total. The lowest BCUT2D eigenvalue weighted by Crippen LogP contribution is -1.98. The monoisotopic (exact) mass is 117 g/mol. The van der Waals surface area contributed by atoms with E-state index in [4.69, 9.17) is 14.4 Å². The summed E-state index contributed by atoms with van der Waals surface area (Å²) < 4.78 is 0. The molecule has 0 saturated carbocycles. The van der Waals surface area contributed by atoms with E-state index in [1.807, 2.05) is 0 Å². The molecule has 1 amide bonds. The van der Waals surface area contributed by atoms with Crippen molar-refractivity contribution in [2.75, 3.05) is 7.05 Å². The maximum atomic E-state index is 9.06. The summed E-state index contributed by atoms with van der Waals surface area (Å²) in [6.45, 7) is 0. The van der Waals surface area contributed by atoms with E-state index in [1.165, 1.54) is 0 Å². The number of hydrogen-bond acceptors (Lipinski definition) is 3. The van der Waals surface area contributed by atoms with Crippen LogP contribution in [0.2, 0.25) is 0 Å².